The third-order valence-electron chi connectivity index (χ3n) is 4.99. The summed E-state index contributed by atoms with van der Waals surface area (Å²) >= 11 is 6.11. The topological polar surface area (TPSA) is 77.0 Å². The molecule has 1 fully saturated rings. The van der Waals surface area contributed by atoms with Crippen molar-refractivity contribution in [3.63, 3.8) is 0 Å². The van der Waals surface area contributed by atoms with E-state index in [1.807, 2.05) is 36.1 Å². The van der Waals surface area contributed by atoms with Gasteiger partial charge in [0.15, 0.2) is 5.69 Å². The summed E-state index contributed by atoms with van der Waals surface area (Å²) < 4.78 is 1.73. The third kappa shape index (κ3) is 4.81. The predicted octanol–water partition coefficient (Wildman–Crippen LogP) is 3.49. The first kappa shape index (κ1) is 21.7. The minimum absolute atomic E-state index is 0. The van der Waals surface area contributed by atoms with Crippen LogP contribution in [-0.2, 0) is 6.42 Å². The average molecular weight is 412 g/mol. The third-order valence-corrected chi connectivity index (χ3v) is 5.23. The summed E-state index contributed by atoms with van der Waals surface area (Å²) in [5.74, 6) is 0.289. The second-order valence-corrected chi connectivity index (χ2v) is 7.48. The Hall–Kier alpha value is -1.63. The molecular formula is C19H27Cl2N5O. The Morgan fingerprint density at radius 2 is 2.22 bits per heavy atom. The number of hydrogen-bond acceptors (Lipinski definition) is 4. The smallest absolute Gasteiger partial charge is 0.276 e. The Morgan fingerprint density at radius 1 is 1.44 bits per heavy atom. The van der Waals surface area contributed by atoms with Gasteiger partial charge in [-0.3, -0.25) is 4.79 Å². The molecule has 2 atom stereocenters. The molecule has 2 aromatic rings. The van der Waals surface area contributed by atoms with E-state index < -0.39 is 0 Å². The Balaban J connectivity index is 0.00000261. The van der Waals surface area contributed by atoms with Gasteiger partial charge in [0.1, 0.15) is 0 Å². The van der Waals surface area contributed by atoms with E-state index >= 15 is 0 Å². The van der Waals surface area contributed by atoms with E-state index in [1.54, 1.807) is 4.68 Å². The van der Waals surface area contributed by atoms with E-state index in [0.29, 0.717) is 23.2 Å². The van der Waals surface area contributed by atoms with E-state index in [2.05, 4.69) is 17.2 Å². The first-order chi connectivity index (χ1) is 12.5. The van der Waals surface area contributed by atoms with E-state index in [4.69, 9.17) is 17.3 Å². The second-order valence-electron chi connectivity index (χ2n) is 7.04. The average Bonchev–Trinajstić information content (AvgIpc) is 3.05. The summed E-state index contributed by atoms with van der Waals surface area (Å²) in [6.07, 6.45) is 3.67. The molecule has 0 saturated carbocycles. The second kappa shape index (κ2) is 9.53. The Morgan fingerprint density at radius 3 is 2.89 bits per heavy atom. The lowest BCUT2D eigenvalue weighted by molar-refractivity contribution is 0.0653. The highest BCUT2D eigenvalue weighted by atomic mass is 35.5. The molecule has 148 valence electrons. The highest BCUT2D eigenvalue weighted by Crippen LogP contribution is 2.23. The number of nitrogens with zero attached hydrogens (tertiary/aromatic N) is 4. The molecule has 0 spiro atoms. The highest BCUT2D eigenvalue weighted by molar-refractivity contribution is 6.30. The van der Waals surface area contributed by atoms with Crippen molar-refractivity contribution in [2.75, 3.05) is 13.1 Å². The van der Waals surface area contributed by atoms with Gasteiger partial charge in [-0.25, -0.2) is 4.68 Å². The van der Waals surface area contributed by atoms with Gasteiger partial charge in [0.2, 0.25) is 0 Å². The van der Waals surface area contributed by atoms with Crippen molar-refractivity contribution in [1.82, 2.24) is 19.9 Å². The lowest BCUT2D eigenvalue weighted by atomic mass is 9.92. The maximum absolute atomic E-state index is 13.1. The van der Waals surface area contributed by atoms with E-state index in [0.717, 1.165) is 43.6 Å². The number of halogens is 2. The highest BCUT2D eigenvalue weighted by Gasteiger charge is 2.30. The number of carbonyl (C=O) groups excluding carboxylic acids is 1. The molecule has 0 aliphatic carbocycles. The van der Waals surface area contributed by atoms with Crippen molar-refractivity contribution >= 4 is 29.9 Å². The van der Waals surface area contributed by atoms with Gasteiger partial charge in [-0.15, -0.1) is 17.5 Å². The molecule has 1 amide bonds. The summed E-state index contributed by atoms with van der Waals surface area (Å²) in [5, 5.41) is 9.11. The van der Waals surface area contributed by atoms with Gasteiger partial charge in [-0.2, -0.15) is 0 Å². The Kier molecular flexibility index (Phi) is 7.65. The summed E-state index contributed by atoms with van der Waals surface area (Å²) in [6.45, 7) is 5.52. The fourth-order valence-electron chi connectivity index (χ4n) is 3.52. The van der Waals surface area contributed by atoms with Crippen LogP contribution in [0, 0.1) is 5.92 Å². The quantitative estimate of drug-likeness (QED) is 0.816. The molecule has 2 N–H and O–H groups in total. The molecule has 8 heteroatoms. The maximum Gasteiger partial charge on any atom is 0.276 e. The zero-order valence-corrected chi connectivity index (χ0v) is 17.3. The van der Waals surface area contributed by atoms with Crippen molar-refractivity contribution in [3.8, 4) is 5.69 Å². The van der Waals surface area contributed by atoms with Gasteiger partial charge in [-0.1, -0.05) is 36.2 Å². The normalized spacial score (nSPS) is 18.1. The number of nitrogens with two attached hydrogens (primary N) is 1. The number of amides is 1. The monoisotopic (exact) mass is 411 g/mol. The van der Waals surface area contributed by atoms with Crippen LogP contribution in [-0.4, -0.2) is 44.9 Å². The fourth-order valence-corrected chi connectivity index (χ4v) is 3.70. The molecule has 6 nitrogen and oxygen atoms in total. The lowest BCUT2D eigenvalue weighted by Gasteiger charge is -2.34. The van der Waals surface area contributed by atoms with Gasteiger partial charge in [-0.05, 0) is 50.3 Å². The zero-order valence-electron chi connectivity index (χ0n) is 15.8. The van der Waals surface area contributed by atoms with Crippen molar-refractivity contribution in [2.24, 2.45) is 11.7 Å². The minimum Gasteiger partial charge on any atom is -0.337 e. The molecule has 2 unspecified atom stereocenters. The molecule has 3 rings (SSSR count). The van der Waals surface area contributed by atoms with Crippen LogP contribution in [0.25, 0.3) is 5.69 Å². The maximum atomic E-state index is 13.1. The number of likely N-dealkylation sites (tertiary alicyclic amines) is 1. The van der Waals surface area contributed by atoms with Crippen LogP contribution in [0.15, 0.2) is 24.3 Å². The van der Waals surface area contributed by atoms with Crippen molar-refractivity contribution in [1.29, 1.82) is 0 Å². The fraction of sp³-hybridized carbons (Fsp3) is 0.526. The van der Waals surface area contributed by atoms with Crippen molar-refractivity contribution in [2.45, 2.75) is 45.6 Å². The summed E-state index contributed by atoms with van der Waals surface area (Å²) in [5.41, 5.74) is 8.15. The zero-order chi connectivity index (χ0) is 18.7. The largest absolute Gasteiger partial charge is 0.337 e. The van der Waals surface area contributed by atoms with Crippen molar-refractivity contribution in [3.05, 3.63) is 40.7 Å². The number of rotatable bonds is 5. The van der Waals surface area contributed by atoms with Crippen LogP contribution >= 0.6 is 24.0 Å². The number of carbonyl (C=O) groups is 1. The molecular weight excluding hydrogens is 385 g/mol. The molecule has 0 bridgehead atoms. The van der Waals surface area contributed by atoms with Crippen LogP contribution in [0.1, 0.15) is 49.3 Å². The molecule has 0 radical (unpaired) electrons. The number of aromatic nitrogens is 3. The van der Waals surface area contributed by atoms with Crippen LogP contribution in [0.2, 0.25) is 5.02 Å². The van der Waals surface area contributed by atoms with Crippen LogP contribution < -0.4 is 5.73 Å². The summed E-state index contributed by atoms with van der Waals surface area (Å²) in [7, 11) is 0. The number of hydrogen-bond donors (Lipinski definition) is 1. The summed E-state index contributed by atoms with van der Waals surface area (Å²) in [4.78, 5) is 15.0. The van der Waals surface area contributed by atoms with Gasteiger partial charge in [0, 0.05) is 24.2 Å². The van der Waals surface area contributed by atoms with Crippen LogP contribution in [0.5, 0.6) is 0 Å². The number of benzene rings is 1. The molecule has 1 aliphatic rings. The van der Waals surface area contributed by atoms with Gasteiger partial charge in [0.05, 0.1) is 11.4 Å². The SMILES string of the molecule is CCCc1c(C(=O)N2CCCC(C(C)N)C2)nnn1-c1cccc(Cl)c1.Cl. The van der Waals surface area contributed by atoms with Crippen molar-refractivity contribution < 1.29 is 4.79 Å². The van der Waals surface area contributed by atoms with Gasteiger partial charge < -0.3 is 10.6 Å². The first-order valence-electron chi connectivity index (χ1n) is 9.26. The molecule has 1 aromatic heterocycles. The lowest BCUT2D eigenvalue weighted by Crippen LogP contribution is -2.45. The molecule has 27 heavy (non-hydrogen) atoms. The minimum atomic E-state index is -0.0490. The van der Waals surface area contributed by atoms with Crippen LogP contribution in [0.3, 0.4) is 0 Å². The van der Waals surface area contributed by atoms with E-state index in [-0.39, 0.29) is 24.4 Å². The van der Waals surface area contributed by atoms with E-state index in [1.165, 1.54) is 0 Å². The number of piperidine rings is 1. The molecule has 1 saturated heterocycles. The Labute approximate surface area is 171 Å². The summed E-state index contributed by atoms with van der Waals surface area (Å²) in [6, 6.07) is 7.52. The standard InChI is InChI=1S/C19H26ClN5O.ClH/c1-3-6-17-18(19(26)24-10-5-7-14(12-24)13(2)21)22-23-25(17)16-9-4-8-15(20)11-16;/h4,8-9,11,13-14H,3,5-7,10,12,21H2,1-2H3;1H. The predicted molar refractivity (Wildman–Crippen MR) is 110 cm³/mol. The van der Waals surface area contributed by atoms with E-state index in [9.17, 15) is 4.79 Å². The Bertz CT molecular complexity index is 777. The first-order valence-corrected chi connectivity index (χ1v) is 9.64. The molecule has 1 aromatic carbocycles. The van der Waals surface area contributed by atoms with Gasteiger partial charge >= 0.3 is 0 Å². The van der Waals surface area contributed by atoms with Gasteiger partial charge in [0.25, 0.3) is 5.91 Å². The molecule has 1 aliphatic heterocycles. The van der Waals surface area contributed by atoms with Crippen LogP contribution in [0.4, 0.5) is 0 Å². The molecule has 2 heterocycles.